The molecule has 1 atom stereocenters. The highest BCUT2D eigenvalue weighted by molar-refractivity contribution is 5.21. The lowest BCUT2D eigenvalue weighted by molar-refractivity contribution is 0.167. The Morgan fingerprint density at radius 2 is 2.24 bits per heavy atom. The Labute approximate surface area is 100 Å². The molecule has 0 aliphatic carbocycles. The van der Waals surface area contributed by atoms with Crippen molar-refractivity contribution in [3.63, 3.8) is 0 Å². The number of hydrogen-bond acceptors (Lipinski definition) is 3. The van der Waals surface area contributed by atoms with Crippen LogP contribution >= 0.6 is 0 Å². The molecule has 17 heavy (non-hydrogen) atoms. The van der Waals surface area contributed by atoms with E-state index in [-0.39, 0.29) is 11.9 Å². The largest absolute Gasteiger partial charge is 0.497 e. The normalized spacial score (nSPS) is 17.2. The predicted molar refractivity (Wildman–Crippen MR) is 64.5 cm³/mol. The fourth-order valence-electron chi connectivity index (χ4n) is 1.94. The van der Waals surface area contributed by atoms with Gasteiger partial charge < -0.3 is 4.74 Å². The van der Waals surface area contributed by atoms with E-state index in [1.165, 1.54) is 6.07 Å². The zero-order valence-corrected chi connectivity index (χ0v) is 9.66. The summed E-state index contributed by atoms with van der Waals surface area (Å²) < 4.78 is 19.1. The van der Waals surface area contributed by atoms with Gasteiger partial charge in [0.15, 0.2) is 0 Å². The second kappa shape index (κ2) is 5.80. The zero-order valence-electron chi connectivity index (χ0n) is 9.66. The van der Waals surface area contributed by atoms with Gasteiger partial charge in [-0.1, -0.05) is 18.2 Å². The molecule has 1 heterocycles. The molecular formula is C13H17FN2O. The van der Waals surface area contributed by atoms with E-state index >= 15 is 0 Å². The standard InChI is InChI=1S/C13H17FN2O/c14-11-6-2-1-5-10(11)9-12(16-15)13-7-3-4-8-17-13/h1-2,5-7,12,16H,3-4,8-9,15H2. The highest BCUT2D eigenvalue weighted by atomic mass is 19.1. The lowest BCUT2D eigenvalue weighted by Gasteiger charge is -2.23. The molecule has 3 N–H and O–H groups in total. The van der Waals surface area contributed by atoms with E-state index in [4.69, 9.17) is 10.6 Å². The van der Waals surface area contributed by atoms with Crippen LogP contribution in [0.5, 0.6) is 0 Å². The summed E-state index contributed by atoms with van der Waals surface area (Å²) in [6, 6.07) is 6.57. The Hall–Kier alpha value is -1.39. The van der Waals surface area contributed by atoms with Crippen LogP contribution in [0.2, 0.25) is 0 Å². The van der Waals surface area contributed by atoms with Gasteiger partial charge in [-0.15, -0.1) is 0 Å². The summed E-state index contributed by atoms with van der Waals surface area (Å²) >= 11 is 0. The van der Waals surface area contributed by atoms with E-state index in [1.54, 1.807) is 12.1 Å². The summed E-state index contributed by atoms with van der Waals surface area (Å²) in [6.45, 7) is 0.710. The Balaban J connectivity index is 2.09. The van der Waals surface area contributed by atoms with Crippen LogP contribution in [0.15, 0.2) is 36.1 Å². The molecule has 0 spiro atoms. The molecule has 0 bridgehead atoms. The molecule has 0 radical (unpaired) electrons. The first-order chi connectivity index (χ1) is 8.31. The molecule has 0 amide bonds. The highest BCUT2D eigenvalue weighted by Gasteiger charge is 2.18. The van der Waals surface area contributed by atoms with Crippen LogP contribution in [-0.4, -0.2) is 12.6 Å². The molecule has 1 unspecified atom stereocenters. The maximum absolute atomic E-state index is 13.5. The van der Waals surface area contributed by atoms with Crippen LogP contribution in [0, 0.1) is 5.82 Å². The lowest BCUT2D eigenvalue weighted by Crippen LogP contribution is -2.39. The first-order valence-electron chi connectivity index (χ1n) is 5.83. The van der Waals surface area contributed by atoms with Gasteiger partial charge in [0.05, 0.1) is 12.6 Å². The van der Waals surface area contributed by atoms with Crippen molar-refractivity contribution in [2.75, 3.05) is 6.61 Å². The van der Waals surface area contributed by atoms with E-state index in [1.807, 2.05) is 12.1 Å². The highest BCUT2D eigenvalue weighted by Crippen LogP contribution is 2.18. The van der Waals surface area contributed by atoms with Gasteiger partial charge in [-0.25, -0.2) is 9.82 Å². The predicted octanol–water partition coefficient (Wildman–Crippen LogP) is 1.89. The summed E-state index contributed by atoms with van der Waals surface area (Å²) in [5.41, 5.74) is 3.33. The van der Waals surface area contributed by atoms with Gasteiger partial charge in [0, 0.05) is 0 Å². The van der Waals surface area contributed by atoms with E-state index in [0.717, 1.165) is 18.6 Å². The fourth-order valence-corrected chi connectivity index (χ4v) is 1.94. The van der Waals surface area contributed by atoms with Gasteiger partial charge in [0.25, 0.3) is 0 Å². The van der Waals surface area contributed by atoms with Gasteiger partial charge in [-0.2, -0.15) is 0 Å². The van der Waals surface area contributed by atoms with Gasteiger partial charge in [0.1, 0.15) is 11.6 Å². The van der Waals surface area contributed by atoms with Crippen molar-refractivity contribution < 1.29 is 9.13 Å². The SMILES string of the molecule is NNC(Cc1ccccc1F)C1=CCCCO1. The first-order valence-corrected chi connectivity index (χ1v) is 5.83. The molecule has 2 rings (SSSR count). The topological polar surface area (TPSA) is 47.3 Å². The number of ether oxygens (including phenoxy) is 1. The third kappa shape index (κ3) is 3.05. The minimum Gasteiger partial charge on any atom is -0.497 e. The summed E-state index contributed by atoms with van der Waals surface area (Å²) in [5, 5.41) is 0. The molecule has 1 aliphatic rings. The average molecular weight is 236 g/mol. The molecular weight excluding hydrogens is 219 g/mol. The summed E-state index contributed by atoms with van der Waals surface area (Å²) in [7, 11) is 0. The van der Waals surface area contributed by atoms with Gasteiger partial charge in [0.2, 0.25) is 0 Å². The van der Waals surface area contributed by atoms with Crippen LogP contribution in [0.4, 0.5) is 4.39 Å². The van der Waals surface area contributed by atoms with Crippen molar-refractivity contribution in [3.8, 4) is 0 Å². The van der Waals surface area contributed by atoms with Crippen molar-refractivity contribution in [1.29, 1.82) is 0 Å². The molecule has 0 fully saturated rings. The molecule has 1 aliphatic heterocycles. The maximum atomic E-state index is 13.5. The van der Waals surface area contributed by atoms with Gasteiger partial charge in [-0.3, -0.25) is 5.84 Å². The molecule has 92 valence electrons. The van der Waals surface area contributed by atoms with E-state index in [9.17, 15) is 4.39 Å². The Bertz CT molecular complexity index is 406. The number of hydrazine groups is 1. The van der Waals surface area contributed by atoms with E-state index in [2.05, 4.69) is 5.43 Å². The number of benzene rings is 1. The van der Waals surface area contributed by atoms with E-state index < -0.39 is 0 Å². The third-order valence-corrected chi connectivity index (χ3v) is 2.89. The molecule has 0 saturated carbocycles. The summed E-state index contributed by atoms with van der Waals surface area (Å²) in [4.78, 5) is 0. The van der Waals surface area contributed by atoms with Crippen LogP contribution in [-0.2, 0) is 11.2 Å². The summed E-state index contributed by atoms with van der Waals surface area (Å²) in [5.74, 6) is 6.13. The first kappa shape index (κ1) is 12.1. The molecule has 1 aromatic rings. The van der Waals surface area contributed by atoms with Crippen molar-refractivity contribution in [2.24, 2.45) is 5.84 Å². The Kier molecular flexibility index (Phi) is 4.12. The van der Waals surface area contributed by atoms with Crippen molar-refractivity contribution in [3.05, 3.63) is 47.5 Å². The molecule has 1 aromatic carbocycles. The van der Waals surface area contributed by atoms with Crippen LogP contribution in [0.1, 0.15) is 18.4 Å². The number of rotatable bonds is 4. The number of nitrogens with two attached hydrogens (primary N) is 1. The van der Waals surface area contributed by atoms with Gasteiger partial charge >= 0.3 is 0 Å². The molecule has 4 heteroatoms. The number of allylic oxidation sites excluding steroid dienone is 1. The monoisotopic (exact) mass is 236 g/mol. The lowest BCUT2D eigenvalue weighted by atomic mass is 10.0. The zero-order chi connectivity index (χ0) is 12.1. The van der Waals surface area contributed by atoms with Crippen molar-refractivity contribution >= 4 is 0 Å². The minimum atomic E-state index is -0.204. The number of halogens is 1. The van der Waals surface area contributed by atoms with Gasteiger partial charge in [-0.05, 0) is 37.0 Å². The summed E-state index contributed by atoms with van der Waals surface area (Å²) in [6.07, 6.45) is 4.54. The molecule has 0 aromatic heterocycles. The fraction of sp³-hybridized carbons (Fsp3) is 0.385. The van der Waals surface area contributed by atoms with E-state index in [0.29, 0.717) is 18.6 Å². The molecule has 0 saturated heterocycles. The second-order valence-electron chi connectivity index (χ2n) is 4.11. The smallest absolute Gasteiger partial charge is 0.126 e. The quantitative estimate of drug-likeness (QED) is 0.620. The van der Waals surface area contributed by atoms with Crippen LogP contribution < -0.4 is 11.3 Å². The van der Waals surface area contributed by atoms with Crippen molar-refractivity contribution in [1.82, 2.24) is 5.43 Å². The average Bonchev–Trinajstić information content (AvgIpc) is 2.39. The molecule has 3 nitrogen and oxygen atoms in total. The maximum Gasteiger partial charge on any atom is 0.126 e. The number of nitrogens with one attached hydrogen (secondary N) is 1. The Morgan fingerprint density at radius 1 is 1.41 bits per heavy atom. The van der Waals surface area contributed by atoms with Crippen LogP contribution in [0.3, 0.4) is 0 Å². The minimum absolute atomic E-state index is 0.160. The second-order valence-corrected chi connectivity index (χ2v) is 4.11. The van der Waals surface area contributed by atoms with Crippen molar-refractivity contribution in [2.45, 2.75) is 25.3 Å². The van der Waals surface area contributed by atoms with Crippen LogP contribution in [0.25, 0.3) is 0 Å². The number of hydrogen-bond donors (Lipinski definition) is 2. The Morgan fingerprint density at radius 3 is 2.88 bits per heavy atom. The third-order valence-electron chi connectivity index (χ3n) is 2.89.